The van der Waals surface area contributed by atoms with E-state index >= 15 is 0 Å². The van der Waals surface area contributed by atoms with Crippen LogP contribution in [0.25, 0.3) is 0 Å². The molecule has 3 heterocycles. The van der Waals surface area contributed by atoms with Crippen molar-refractivity contribution in [1.29, 1.82) is 0 Å². The Labute approximate surface area is 146 Å². The molecule has 7 nitrogen and oxygen atoms in total. The number of carbonyl (C=O) groups excluding carboxylic acids is 3. The summed E-state index contributed by atoms with van der Waals surface area (Å²) in [5, 5.41) is 4.96. The zero-order valence-electron chi connectivity index (χ0n) is 14.2. The Morgan fingerprint density at radius 1 is 1.20 bits per heavy atom. The first-order valence-corrected chi connectivity index (χ1v) is 8.72. The van der Waals surface area contributed by atoms with E-state index in [9.17, 15) is 14.4 Å². The van der Waals surface area contributed by atoms with E-state index in [0.29, 0.717) is 13.0 Å². The van der Waals surface area contributed by atoms with Gasteiger partial charge in [0.25, 0.3) is 5.91 Å². The summed E-state index contributed by atoms with van der Waals surface area (Å²) in [6, 6.07) is 7.62. The largest absolute Gasteiger partial charge is 0.338 e. The van der Waals surface area contributed by atoms with Gasteiger partial charge >= 0.3 is 6.03 Å². The van der Waals surface area contributed by atoms with Crippen LogP contribution in [0.2, 0.25) is 0 Å². The number of urea groups is 1. The molecule has 3 aliphatic heterocycles. The summed E-state index contributed by atoms with van der Waals surface area (Å²) < 4.78 is 0. The molecule has 4 rings (SSSR count). The molecule has 2 saturated heterocycles. The number of likely N-dealkylation sites (tertiary alicyclic amines) is 1. The number of benzene rings is 1. The third-order valence-corrected chi connectivity index (χ3v) is 5.66. The molecule has 3 aliphatic rings. The minimum atomic E-state index is -0.943. The summed E-state index contributed by atoms with van der Waals surface area (Å²) in [7, 11) is 0. The van der Waals surface area contributed by atoms with Crippen molar-refractivity contribution < 1.29 is 14.4 Å². The molecular weight excluding hydrogens is 320 g/mol. The smallest absolute Gasteiger partial charge is 0.322 e. The first-order chi connectivity index (χ1) is 12.0. The van der Waals surface area contributed by atoms with Crippen molar-refractivity contribution in [2.45, 2.75) is 37.9 Å². The van der Waals surface area contributed by atoms with Gasteiger partial charge in [-0.3, -0.25) is 19.8 Å². The van der Waals surface area contributed by atoms with Crippen molar-refractivity contribution in [1.82, 2.24) is 20.4 Å². The average Bonchev–Trinajstić information content (AvgIpc) is 3.16. The van der Waals surface area contributed by atoms with Gasteiger partial charge in [0.2, 0.25) is 5.91 Å². The number of nitrogens with one attached hydrogen (secondary N) is 2. The highest BCUT2D eigenvalue weighted by atomic mass is 16.2. The predicted molar refractivity (Wildman–Crippen MR) is 90.6 cm³/mol. The molecular formula is C18H22N4O3. The van der Waals surface area contributed by atoms with Gasteiger partial charge in [0.1, 0.15) is 5.54 Å². The molecule has 0 aliphatic carbocycles. The Balaban J connectivity index is 1.44. The molecule has 25 heavy (non-hydrogen) atoms. The minimum absolute atomic E-state index is 0.0187. The van der Waals surface area contributed by atoms with Gasteiger partial charge in [-0.1, -0.05) is 24.3 Å². The molecule has 1 spiro atoms. The fraction of sp³-hybridized carbons (Fsp3) is 0.500. The van der Waals surface area contributed by atoms with Crippen molar-refractivity contribution in [2.75, 3.05) is 19.6 Å². The molecule has 0 saturated carbocycles. The number of imide groups is 1. The van der Waals surface area contributed by atoms with Crippen molar-refractivity contribution in [2.24, 2.45) is 0 Å². The van der Waals surface area contributed by atoms with E-state index in [1.54, 1.807) is 4.90 Å². The summed E-state index contributed by atoms with van der Waals surface area (Å²) in [5.41, 5.74) is 1.68. The quantitative estimate of drug-likeness (QED) is 0.755. The lowest BCUT2D eigenvalue weighted by Gasteiger charge is -2.35. The van der Waals surface area contributed by atoms with Crippen LogP contribution in [0.15, 0.2) is 24.3 Å². The van der Waals surface area contributed by atoms with Crippen molar-refractivity contribution in [3.63, 3.8) is 0 Å². The summed E-state index contributed by atoms with van der Waals surface area (Å²) in [6.07, 6.45) is 1.40. The van der Waals surface area contributed by atoms with E-state index in [-0.39, 0.29) is 24.4 Å². The highest BCUT2D eigenvalue weighted by Crippen LogP contribution is 2.27. The molecule has 132 valence electrons. The first kappa shape index (κ1) is 16.1. The van der Waals surface area contributed by atoms with Crippen LogP contribution < -0.4 is 10.6 Å². The van der Waals surface area contributed by atoms with Crippen molar-refractivity contribution in [3.8, 4) is 0 Å². The third-order valence-electron chi connectivity index (χ3n) is 5.66. The second kappa shape index (κ2) is 5.84. The Kier molecular flexibility index (Phi) is 3.76. The molecule has 2 fully saturated rings. The molecule has 1 aromatic carbocycles. The minimum Gasteiger partial charge on any atom is -0.338 e. The number of carbonyl (C=O) groups is 3. The van der Waals surface area contributed by atoms with E-state index in [1.807, 2.05) is 19.1 Å². The van der Waals surface area contributed by atoms with Crippen LogP contribution in [0.1, 0.15) is 24.5 Å². The maximum Gasteiger partial charge on any atom is 0.322 e. The summed E-state index contributed by atoms with van der Waals surface area (Å²) in [6.45, 7) is 4.27. The molecule has 0 unspecified atom stereocenters. The van der Waals surface area contributed by atoms with Gasteiger partial charge in [0, 0.05) is 19.6 Å². The van der Waals surface area contributed by atoms with Crippen LogP contribution in [0.4, 0.5) is 4.79 Å². The van der Waals surface area contributed by atoms with Gasteiger partial charge in [0.05, 0.1) is 12.6 Å². The number of nitrogens with zero attached hydrogens (tertiary/aromatic N) is 2. The third kappa shape index (κ3) is 2.68. The molecule has 0 aromatic heterocycles. The normalized spacial score (nSPS) is 27.2. The van der Waals surface area contributed by atoms with Crippen LogP contribution in [0.3, 0.4) is 0 Å². The molecule has 0 bridgehead atoms. The Bertz CT molecular complexity index is 750. The predicted octanol–water partition coefficient (Wildman–Crippen LogP) is 0.244. The standard InChI is InChI=1S/C18H22N4O3/c1-12(21-8-6-13-4-2-3-5-14(13)10-21)15(23)22-9-7-18(11-22)16(24)19-17(25)20-18/h2-5,12H,6-11H2,1H3,(H2,19,20,24,25)/t12-,18+/m1/s1. The molecule has 4 amide bonds. The fourth-order valence-corrected chi connectivity index (χ4v) is 4.08. The van der Waals surface area contributed by atoms with Gasteiger partial charge in [-0.25, -0.2) is 4.79 Å². The fourth-order valence-electron chi connectivity index (χ4n) is 4.08. The monoisotopic (exact) mass is 342 g/mol. The van der Waals surface area contributed by atoms with Crippen LogP contribution in [0.5, 0.6) is 0 Å². The van der Waals surface area contributed by atoms with Crippen molar-refractivity contribution in [3.05, 3.63) is 35.4 Å². The topological polar surface area (TPSA) is 81.8 Å². The lowest BCUT2D eigenvalue weighted by Crippen LogP contribution is -2.52. The number of rotatable bonds is 2. The van der Waals surface area contributed by atoms with Crippen molar-refractivity contribution >= 4 is 17.8 Å². The average molecular weight is 342 g/mol. The van der Waals surface area contributed by atoms with E-state index < -0.39 is 11.6 Å². The molecule has 2 atom stereocenters. The second-order valence-electron chi connectivity index (χ2n) is 7.17. The highest BCUT2D eigenvalue weighted by Gasteiger charge is 2.52. The van der Waals surface area contributed by atoms with E-state index in [0.717, 1.165) is 19.5 Å². The number of fused-ring (bicyclic) bond motifs is 1. The Hall–Kier alpha value is -2.41. The van der Waals surface area contributed by atoms with Gasteiger partial charge in [-0.15, -0.1) is 0 Å². The lowest BCUT2D eigenvalue weighted by molar-refractivity contribution is -0.136. The van der Waals surface area contributed by atoms with Gasteiger partial charge in [0.15, 0.2) is 0 Å². The summed E-state index contributed by atoms with van der Waals surface area (Å²) >= 11 is 0. The summed E-state index contributed by atoms with van der Waals surface area (Å²) in [4.78, 5) is 40.3. The molecule has 7 heteroatoms. The van der Waals surface area contributed by atoms with Crippen LogP contribution in [-0.2, 0) is 22.6 Å². The van der Waals surface area contributed by atoms with Gasteiger partial charge in [-0.05, 0) is 30.9 Å². The van der Waals surface area contributed by atoms with Crippen LogP contribution in [0, 0.1) is 0 Å². The van der Waals surface area contributed by atoms with E-state index in [2.05, 4.69) is 27.7 Å². The lowest BCUT2D eigenvalue weighted by atomic mass is 9.98. The van der Waals surface area contributed by atoms with Crippen LogP contribution >= 0.6 is 0 Å². The first-order valence-electron chi connectivity index (χ1n) is 8.72. The van der Waals surface area contributed by atoms with Crippen LogP contribution in [-0.4, -0.2) is 58.9 Å². The van der Waals surface area contributed by atoms with E-state index in [4.69, 9.17) is 0 Å². The maximum absolute atomic E-state index is 12.9. The highest BCUT2D eigenvalue weighted by molar-refractivity contribution is 6.07. The zero-order chi connectivity index (χ0) is 17.6. The van der Waals surface area contributed by atoms with E-state index in [1.165, 1.54) is 11.1 Å². The summed E-state index contributed by atoms with van der Waals surface area (Å²) in [5.74, 6) is -0.308. The van der Waals surface area contributed by atoms with Gasteiger partial charge in [-0.2, -0.15) is 0 Å². The SMILES string of the molecule is C[C@H](C(=O)N1CC[C@@]2(C1)NC(=O)NC2=O)N1CCc2ccccc2C1. The van der Waals surface area contributed by atoms with Gasteiger partial charge < -0.3 is 10.2 Å². The Morgan fingerprint density at radius 2 is 1.96 bits per heavy atom. The molecule has 0 radical (unpaired) electrons. The maximum atomic E-state index is 12.9. The molecule has 2 N–H and O–H groups in total. The number of amides is 4. The zero-order valence-corrected chi connectivity index (χ0v) is 14.2. The second-order valence-corrected chi connectivity index (χ2v) is 7.17. The number of hydrogen-bond donors (Lipinski definition) is 2. The number of hydrogen-bond acceptors (Lipinski definition) is 4. The Morgan fingerprint density at radius 3 is 2.68 bits per heavy atom. The molecule has 1 aromatic rings.